The summed E-state index contributed by atoms with van der Waals surface area (Å²) in [6, 6.07) is 3.09. The lowest BCUT2D eigenvalue weighted by Gasteiger charge is -2.14. The minimum absolute atomic E-state index is 0.0468. The number of phenolic OH excluding ortho intramolecular Hbond substituents is 1. The van der Waals surface area contributed by atoms with Gasteiger partial charge in [0.2, 0.25) is 0 Å². The number of phenols is 1. The van der Waals surface area contributed by atoms with Crippen molar-refractivity contribution in [3.05, 3.63) is 35.4 Å². The monoisotopic (exact) mass is 318 g/mol. The van der Waals surface area contributed by atoms with Gasteiger partial charge in [0.25, 0.3) is 0 Å². The highest BCUT2D eigenvalue weighted by Crippen LogP contribution is 2.36. The van der Waals surface area contributed by atoms with Crippen molar-refractivity contribution < 1.29 is 24.2 Å². The van der Waals surface area contributed by atoms with E-state index in [-0.39, 0.29) is 41.7 Å². The van der Waals surface area contributed by atoms with Crippen LogP contribution in [0.2, 0.25) is 0 Å². The quantitative estimate of drug-likeness (QED) is 0.496. The lowest BCUT2D eigenvalue weighted by atomic mass is 10.0. The summed E-state index contributed by atoms with van der Waals surface area (Å²) in [5.41, 5.74) is 1.70. The molecule has 0 fully saturated rings. The first-order chi connectivity index (χ1) is 10.8. The zero-order valence-electron chi connectivity index (χ0n) is 13.7. The predicted molar refractivity (Wildman–Crippen MR) is 85.8 cm³/mol. The minimum Gasteiger partial charge on any atom is -0.507 e. The van der Waals surface area contributed by atoms with Crippen LogP contribution in [0.15, 0.2) is 24.3 Å². The molecular formula is C18H22O5. The number of fused-ring (bicyclic) bond motifs is 1. The van der Waals surface area contributed by atoms with Crippen LogP contribution in [0, 0.1) is 5.92 Å². The van der Waals surface area contributed by atoms with Crippen LogP contribution in [0.5, 0.6) is 11.5 Å². The van der Waals surface area contributed by atoms with Gasteiger partial charge in [0.1, 0.15) is 24.2 Å². The van der Waals surface area contributed by atoms with Gasteiger partial charge in [0.15, 0.2) is 5.78 Å². The molecule has 1 atom stereocenters. The van der Waals surface area contributed by atoms with E-state index in [9.17, 15) is 14.7 Å². The van der Waals surface area contributed by atoms with E-state index in [0.717, 1.165) is 5.56 Å². The molecule has 0 amide bonds. The Balaban J connectivity index is 1.98. The zero-order valence-corrected chi connectivity index (χ0v) is 13.7. The van der Waals surface area contributed by atoms with Crippen molar-refractivity contribution >= 4 is 11.8 Å². The number of carbonyl (C=O) groups excluding carboxylic acids is 2. The van der Waals surface area contributed by atoms with E-state index in [1.165, 1.54) is 6.92 Å². The molecule has 1 aliphatic rings. The van der Waals surface area contributed by atoms with Gasteiger partial charge < -0.3 is 14.6 Å². The van der Waals surface area contributed by atoms with Gasteiger partial charge in [-0.15, -0.1) is 0 Å². The smallest absolute Gasteiger partial charge is 0.306 e. The molecule has 5 nitrogen and oxygen atoms in total. The highest BCUT2D eigenvalue weighted by atomic mass is 16.5. The first-order valence-electron chi connectivity index (χ1n) is 7.64. The summed E-state index contributed by atoms with van der Waals surface area (Å²) in [5.74, 6) is 0.282. The summed E-state index contributed by atoms with van der Waals surface area (Å²) < 4.78 is 11.0. The Kier molecular flexibility index (Phi) is 5.08. The average Bonchev–Trinajstić information content (AvgIpc) is 2.85. The molecule has 5 heteroatoms. The zero-order chi connectivity index (χ0) is 17.1. The molecule has 23 heavy (non-hydrogen) atoms. The highest BCUT2D eigenvalue weighted by molar-refractivity contribution is 5.97. The normalized spacial score (nSPS) is 15.9. The molecule has 0 saturated carbocycles. The second-order valence-corrected chi connectivity index (χ2v) is 6.26. The van der Waals surface area contributed by atoms with E-state index < -0.39 is 0 Å². The maximum atomic E-state index is 11.6. The Hall–Kier alpha value is -2.30. The van der Waals surface area contributed by atoms with Gasteiger partial charge in [0, 0.05) is 24.0 Å². The first-order valence-corrected chi connectivity index (χ1v) is 7.64. The van der Waals surface area contributed by atoms with Gasteiger partial charge in [-0.05, 0) is 25.0 Å². The third-order valence-corrected chi connectivity index (χ3v) is 3.68. The Labute approximate surface area is 135 Å². The average molecular weight is 318 g/mol. The molecule has 0 saturated heterocycles. The fourth-order valence-electron chi connectivity index (χ4n) is 2.44. The molecule has 1 aliphatic heterocycles. The van der Waals surface area contributed by atoms with Crippen LogP contribution in [-0.2, 0) is 16.0 Å². The molecule has 1 N–H and O–H groups in total. The van der Waals surface area contributed by atoms with Crippen molar-refractivity contribution in [3.8, 4) is 11.5 Å². The second kappa shape index (κ2) is 6.86. The van der Waals surface area contributed by atoms with Crippen LogP contribution in [0.25, 0.3) is 0 Å². The third kappa shape index (κ3) is 4.12. The van der Waals surface area contributed by atoms with Crippen molar-refractivity contribution in [2.45, 2.75) is 39.7 Å². The summed E-state index contributed by atoms with van der Waals surface area (Å²) in [5, 5.41) is 9.86. The van der Waals surface area contributed by atoms with E-state index in [2.05, 4.69) is 6.58 Å². The second-order valence-electron chi connectivity index (χ2n) is 6.26. The molecule has 1 heterocycles. The number of carbonyl (C=O) groups is 2. The van der Waals surface area contributed by atoms with Gasteiger partial charge in [0.05, 0.1) is 5.56 Å². The molecular weight excluding hydrogens is 296 g/mol. The molecule has 1 aromatic carbocycles. The van der Waals surface area contributed by atoms with Gasteiger partial charge in [-0.2, -0.15) is 0 Å². The number of rotatable bonds is 6. The minimum atomic E-state index is -0.321. The number of ether oxygens (including phenoxy) is 2. The van der Waals surface area contributed by atoms with Crippen molar-refractivity contribution in [1.29, 1.82) is 0 Å². The summed E-state index contributed by atoms with van der Waals surface area (Å²) in [4.78, 5) is 23.0. The van der Waals surface area contributed by atoms with Crippen LogP contribution < -0.4 is 4.74 Å². The van der Waals surface area contributed by atoms with E-state index in [1.807, 2.05) is 13.8 Å². The number of aromatic hydroxyl groups is 1. The van der Waals surface area contributed by atoms with E-state index in [4.69, 9.17) is 9.47 Å². The fraction of sp³-hybridized carbons (Fsp3) is 0.444. The molecule has 0 radical (unpaired) electrons. The molecule has 0 spiro atoms. The van der Waals surface area contributed by atoms with E-state index in [0.29, 0.717) is 24.2 Å². The number of hydrogen-bond donors (Lipinski definition) is 1. The van der Waals surface area contributed by atoms with E-state index in [1.54, 1.807) is 12.1 Å². The molecule has 0 aliphatic carbocycles. The Bertz CT molecular complexity index is 645. The van der Waals surface area contributed by atoms with Crippen LogP contribution >= 0.6 is 0 Å². The van der Waals surface area contributed by atoms with Gasteiger partial charge in [-0.3, -0.25) is 9.59 Å². The largest absolute Gasteiger partial charge is 0.507 e. The van der Waals surface area contributed by atoms with Crippen molar-refractivity contribution in [2.24, 2.45) is 5.92 Å². The predicted octanol–water partition coefficient (Wildman–Crippen LogP) is 3.04. The summed E-state index contributed by atoms with van der Waals surface area (Å²) in [7, 11) is 0. The van der Waals surface area contributed by atoms with Crippen LogP contribution in [0.4, 0.5) is 0 Å². The number of Topliss-reactive ketones (excluding diaryl/α,β-unsaturated/α-hetero) is 1. The standard InChI is InChI=1S/C18H22O5/c1-10(2)5-18(21)22-9-11(3)16-7-13-6-15(20)14(12(4)19)8-17(13)23-16/h6,8,10,16,20H,3,5,7,9H2,1-2,4H3/t16-/m0/s1. The summed E-state index contributed by atoms with van der Waals surface area (Å²) in [6.45, 7) is 9.32. The molecule has 0 aromatic heterocycles. The molecule has 0 unspecified atom stereocenters. The molecule has 1 aromatic rings. The number of ketones is 1. The first kappa shape index (κ1) is 17.1. The van der Waals surface area contributed by atoms with Crippen molar-refractivity contribution in [1.82, 2.24) is 0 Å². The Morgan fingerprint density at radius 3 is 2.74 bits per heavy atom. The Morgan fingerprint density at radius 1 is 1.43 bits per heavy atom. The molecule has 2 rings (SSSR count). The lowest BCUT2D eigenvalue weighted by molar-refractivity contribution is -0.143. The topological polar surface area (TPSA) is 72.8 Å². The van der Waals surface area contributed by atoms with Gasteiger partial charge in [-0.25, -0.2) is 0 Å². The number of esters is 1. The van der Waals surface area contributed by atoms with E-state index >= 15 is 0 Å². The molecule has 0 bridgehead atoms. The van der Waals surface area contributed by atoms with Crippen LogP contribution in [0.1, 0.15) is 43.1 Å². The SMILES string of the molecule is C=C(COC(=O)CC(C)C)[C@@H]1Cc2cc(O)c(C(C)=O)cc2O1. The number of hydrogen-bond acceptors (Lipinski definition) is 5. The summed E-state index contributed by atoms with van der Waals surface area (Å²) in [6.07, 6.45) is 0.578. The lowest BCUT2D eigenvalue weighted by Crippen LogP contribution is -2.21. The summed E-state index contributed by atoms with van der Waals surface area (Å²) >= 11 is 0. The van der Waals surface area contributed by atoms with Crippen molar-refractivity contribution in [2.75, 3.05) is 6.61 Å². The van der Waals surface area contributed by atoms with Crippen LogP contribution in [-0.4, -0.2) is 29.6 Å². The van der Waals surface area contributed by atoms with Crippen molar-refractivity contribution in [3.63, 3.8) is 0 Å². The number of benzene rings is 1. The maximum Gasteiger partial charge on any atom is 0.306 e. The third-order valence-electron chi connectivity index (χ3n) is 3.68. The van der Waals surface area contributed by atoms with Crippen LogP contribution in [0.3, 0.4) is 0 Å². The highest BCUT2D eigenvalue weighted by Gasteiger charge is 2.28. The Morgan fingerprint density at radius 2 is 2.13 bits per heavy atom. The van der Waals surface area contributed by atoms with Gasteiger partial charge in [-0.1, -0.05) is 20.4 Å². The maximum absolute atomic E-state index is 11.6. The molecule has 124 valence electrons. The van der Waals surface area contributed by atoms with Gasteiger partial charge >= 0.3 is 5.97 Å². The fourth-order valence-corrected chi connectivity index (χ4v) is 2.44.